The van der Waals surface area contributed by atoms with Crippen molar-refractivity contribution in [1.29, 1.82) is 0 Å². The Bertz CT molecular complexity index is 4210. The monoisotopic (exact) mass is 837 g/mol. The van der Waals surface area contributed by atoms with Crippen LogP contribution < -0.4 is 4.90 Å². The van der Waals surface area contributed by atoms with E-state index in [1.807, 2.05) is 0 Å². The quantitative estimate of drug-likeness (QED) is 0.161. The van der Waals surface area contributed by atoms with Crippen LogP contribution in [0.1, 0.15) is 0 Å². The number of hydrogen-bond donors (Lipinski definition) is 0. The molecule has 0 amide bonds. The molecule has 0 saturated carbocycles. The Kier molecular flexibility index (Phi) is 8.02. The molecule has 0 aliphatic carbocycles. The molecule has 1 aromatic heterocycles. The van der Waals surface area contributed by atoms with Gasteiger partial charge in [0.15, 0.2) is 5.58 Å². The minimum atomic E-state index is 0.844. The molecule has 306 valence electrons. The van der Waals surface area contributed by atoms with Gasteiger partial charge in [-0.05, 0) is 135 Å². The van der Waals surface area contributed by atoms with Gasteiger partial charge in [-0.25, -0.2) is 0 Å². The second-order valence-electron chi connectivity index (χ2n) is 17.5. The van der Waals surface area contributed by atoms with Gasteiger partial charge in [-0.15, -0.1) is 0 Å². The Hall–Kier alpha value is -8.72. The van der Waals surface area contributed by atoms with E-state index in [0.29, 0.717) is 0 Å². The van der Waals surface area contributed by atoms with Gasteiger partial charge in [-0.2, -0.15) is 0 Å². The van der Waals surface area contributed by atoms with Crippen molar-refractivity contribution in [2.75, 3.05) is 4.90 Å². The van der Waals surface area contributed by atoms with Crippen LogP contribution in [0.5, 0.6) is 0 Å². The Balaban J connectivity index is 1.04. The van der Waals surface area contributed by atoms with E-state index in [2.05, 4.69) is 241 Å². The lowest BCUT2D eigenvalue weighted by molar-refractivity contribution is 0.670. The summed E-state index contributed by atoms with van der Waals surface area (Å²) in [6.45, 7) is 0. The van der Waals surface area contributed by atoms with Gasteiger partial charge in [-0.1, -0.05) is 194 Å². The number of anilines is 3. The average Bonchev–Trinajstić information content (AvgIpc) is 3.77. The number of furan rings is 1. The largest absolute Gasteiger partial charge is 0.453 e. The molecule has 13 aromatic carbocycles. The van der Waals surface area contributed by atoms with Crippen molar-refractivity contribution < 1.29 is 4.42 Å². The number of fused-ring (bicyclic) bond motifs is 16. The first-order valence-electron chi connectivity index (χ1n) is 22.7. The summed E-state index contributed by atoms with van der Waals surface area (Å²) in [6, 6.07) is 86.4. The fraction of sp³-hybridized carbons (Fsp3) is 0. The molecule has 2 heteroatoms. The van der Waals surface area contributed by atoms with E-state index in [9.17, 15) is 0 Å². The number of rotatable bonds is 5. The topological polar surface area (TPSA) is 16.4 Å². The summed E-state index contributed by atoms with van der Waals surface area (Å²) in [6.07, 6.45) is 0. The van der Waals surface area contributed by atoms with Crippen molar-refractivity contribution in [2.24, 2.45) is 0 Å². The summed E-state index contributed by atoms with van der Waals surface area (Å²) >= 11 is 0. The van der Waals surface area contributed by atoms with Crippen molar-refractivity contribution in [3.8, 4) is 22.3 Å². The first kappa shape index (κ1) is 36.7. The highest BCUT2D eigenvalue weighted by Gasteiger charge is 2.24. The third-order valence-corrected chi connectivity index (χ3v) is 14.0. The fourth-order valence-corrected chi connectivity index (χ4v) is 11.0. The first-order chi connectivity index (χ1) is 32.7. The van der Waals surface area contributed by atoms with Crippen LogP contribution in [0.3, 0.4) is 0 Å². The van der Waals surface area contributed by atoms with Crippen molar-refractivity contribution in [1.82, 2.24) is 0 Å². The van der Waals surface area contributed by atoms with Gasteiger partial charge in [0.1, 0.15) is 5.58 Å². The molecule has 0 fully saturated rings. The van der Waals surface area contributed by atoms with E-state index in [4.69, 9.17) is 4.42 Å². The molecule has 0 radical (unpaired) electrons. The van der Waals surface area contributed by atoms with Crippen LogP contribution in [-0.4, -0.2) is 0 Å². The normalized spacial score (nSPS) is 11.9. The van der Waals surface area contributed by atoms with Crippen LogP contribution in [0, 0.1) is 0 Å². The van der Waals surface area contributed by atoms with Crippen LogP contribution in [0.15, 0.2) is 241 Å². The highest BCUT2D eigenvalue weighted by Crippen LogP contribution is 2.48. The minimum absolute atomic E-state index is 0.844. The second-order valence-corrected chi connectivity index (χ2v) is 17.5. The first-order valence-corrected chi connectivity index (χ1v) is 22.7. The molecular formula is C64H39NO. The summed E-state index contributed by atoms with van der Waals surface area (Å²) in [5.41, 5.74) is 9.41. The molecule has 0 N–H and O–H groups in total. The van der Waals surface area contributed by atoms with Crippen molar-refractivity contribution in [2.45, 2.75) is 0 Å². The highest BCUT2D eigenvalue weighted by atomic mass is 16.3. The van der Waals surface area contributed by atoms with Gasteiger partial charge < -0.3 is 9.32 Å². The third kappa shape index (κ3) is 5.49. The molecule has 0 bridgehead atoms. The third-order valence-electron chi connectivity index (χ3n) is 14.0. The lowest BCUT2D eigenvalue weighted by Gasteiger charge is -2.26. The van der Waals surface area contributed by atoms with E-state index in [0.717, 1.165) is 55.5 Å². The Labute approximate surface area is 380 Å². The van der Waals surface area contributed by atoms with E-state index < -0.39 is 0 Å². The molecule has 0 saturated heterocycles. The Morgan fingerprint density at radius 2 is 0.682 bits per heavy atom. The number of para-hydroxylation sites is 1. The molecule has 66 heavy (non-hydrogen) atoms. The standard InChI is InChI=1S/C64H39NO/c1-2-15-40(16-3-1)41-29-32-44(33-30-41)65(45-34-36-56-52-24-9-7-20-48(52)50-22-11-13-26-54(50)59(56)39-45)61-28-14-27-57-60-37-42-17-4-5-18-46(42)62(64(60)66-63(57)61)43-31-35-55-51-23-8-6-19-47(51)49-21-10-12-25-53(49)58(55)38-43/h1-39H. The predicted octanol–water partition coefficient (Wildman–Crippen LogP) is 18.5. The molecule has 0 aliphatic heterocycles. The van der Waals surface area contributed by atoms with E-state index in [1.54, 1.807) is 0 Å². The molecular weight excluding hydrogens is 799 g/mol. The molecule has 14 aromatic rings. The van der Waals surface area contributed by atoms with Crippen molar-refractivity contribution in [3.63, 3.8) is 0 Å². The van der Waals surface area contributed by atoms with Gasteiger partial charge in [0.2, 0.25) is 0 Å². The smallest absolute Gasteiger partial charge is 0.159 e. The van der Waals surface area contributed by atoms with Crippen LogP contribution in [0.25, 0.3) is 120 Å². The van der Waals surface area contributed by atoms with E-state index >= 15 is 0 Å². The number of hydrogen-bond acceptors (Lipinski definition) is 2. The Morgan fingerprint density at radius 1 is 0.242 bits per heavy atom. The van der Waals surface area contributed by atoms with Gasteiger partial charge in [0.25, 0.3) is 0 Å². The van der Waals surface area contributed by atoms with Crippen LogP contribution in [0.2, 0.25) is 0 Å². The van der Waals surface area contributed by atoms with Crippen LogP contribution >= 0.6 is 0 Å². The average molecular weight is 838 g/mol. The maximum atomic E-state index is 7.44. The van der Waals surface area contributed by atoms with Gasteiger partial charge in [0, 0.05) is 27.7 Å². The minimum Gasteiger partial charge on any atom is -0.453 e. The summed E-state index contributed by atoms with van der Waals surface area (Å²) in [5.74, 6) is 0. The zero-order valence-corrected chi connectivity index (χ0v) is 35.9. The molecule has 2 nitrogen and oxygen atoms in total. The predicted molar refractivity (Wildman–Crippen MR) is 282 cm³/mol. The van der Waals surface area contributed by atoms with Crippen LogP contribution in [0.4, 0.5) is 17.1 Å². The summed E-state index contributed by atoms with van der Waals surface area (Å²) in [4.78, 5) is 2.38. The lowest BCUT2D eigenvalue weighted by atomic mass is 9.90. The fourth-order valence-electron chi connectivity index (χ4n) is 11.0. The lowest BCUT2D eigenvalue weighted by Crippen LogP contribution is -2.10. The number of benzene rings is 13. The Morgan fingerprint density at radius 3 is 1.29 bits per heavy atom. The van der Waals surface area contributed by atoms with Crippen molar-refractivity contribution in [3.05, 3.63) is 237 Å². The van der Waals surface area contributed by atoms with E-state index in [-0.39, 0.29) is 0 Å². The maximum absolute atomic E-state index is 7.44. The van der Waals surface area contributed by atoms with Crippen molar-refractivity contribution >= 4 is 114 Å². The molecule has 0 aliphatic rings. The summed E-state index contributed by atoms with van der Waals surface area (Å²) < 4.78 is 7.44. The van der Waals surface area contributed by atoms with Gasteiger partial charge in [-0.3, -0.25) is 0 Å². The molecule has 14 rings (SSSR count). The zero-order chi connectivity index (χ0) is 43.3. The second kappa shape index (κ2) is 14.4. The van der Waals surface area contributed by atoms with Gasteiger partial charge in [0.05, 0.1) is 5.69 Å². The highest BCUT2D eigenvalue weighted by molar-refractivity contribution is 6.28. The molecule has 0 spiro atoms. The molecule has 0 unspecified atom stereocenters. The number of nitrogens with zero attached hydrogens (tertiary/aromatic N) is 1. The zero-order valence-electron chi connectivity index (χ0n) is 35.9. The van der Waals surface area contributed by atoms with Crippen LogP contribution in [-0.2, 0) is 0 Å². The summed E-state index contributed by atoms with van der Waals surface area (Å²) in [5, 5.41) is 19.5. The summed E-state index contributed by atoms with van der Waals surface area (Å²) in [7, 11) is 0. The molecule has 1 heterocycles. The molecule has 0 atom stereocenters. The van der Waals surface area contributed by atoms with E-state index in [1.165, 1.54) is 81.1 Å². The maximum Gasteiger partial charge on any atom is 0.159 e. The van der Waals surface area contributed by atoms with Gasteiger partial charge >= 0.3 is 0 Å². The SMILES string of the molecule is c1ccc(-c2ccc(N(c3ccc4c5ccccc5c5ccccc5c4c3)c3cccc4c3oc3c(-c5ccc6c7ccccc7c7ccccc7c6c5)c5ccccc5cc34)cc2)cc1.